The van der Waals surface area contributed by atoms with Crippen molar-refractivity contribution in [1.29, 1.82) is 0 Å². The summed E-state index contributed by atoms with van der Waals surface area (Å²) in [4.78, 5) is 8.69. The Balaban J connectivity index is 1.65. The summed E-state index contributed by atoms with van der Waals surface area (Å²) in [7, 11) is -3.12. The topological polar surface area (TPSA) is 75.2 Å². The second kappa shape index (κ2) is 8.08. The normalized spacial score (nSPS) is 16.2. The lowest BCUT2D eigenvalue weighted by Gasteiger charge is -2.31. The van der Waals surface area contributed by atoms with Crippen molar-refractivity contribution in [2.45, 2.75) is 32.2 Å². The molecule has 152 valence electrons. The van der Waals surface area contributed by atoms with Gasteiger partial charge in [0.15, 0.2) is 0 Å². The fourth-order valence-corrected chi connectivity index (χ4v) is 4.75. The third-order valence-corrected chi connectivity index (χ3v) is 6.88. The van der Waals surface area contributed by atoms with E-state index < -0.39 is 10.0 Å². The maximum Gasteiger partial charge on any atom is 0.211 e. The Bertz CT molecular complexity index is 1120. The standard InChI is InChI=1S/C22H26N4O2S/c1-3-16-10-19(14-24-13-16)18-11-17-4-7-23-15-21(17)22(12-18)25-20-5-8-26(9-6-20)29(2,27)28/h4,7,10-15,20,25H,3,5-6,8-9H2,1-2H3. The first-order valence-corrected chi connectivity index (χ1v) is 11.8. The minimum absolute atomic E-state index is 0.228. The van der Waals surface area contributed by atoms with Gasteiger partial charge in [0.05, 0.1) is 6.26 Å². The molecule has 3 heterocycles. The molecule has 0 atom stereocenters. The van der Waals surface area contributed by atoms with Crippen LogP contribution in [0, 0.1) is 0 Å². The van der Waals surface area contributed by atoms with Gasteiger partial charge in [-0.3, -0.25) is 9.97 Å². The first-order valence-electron chi connectivity index (χ1n) is 9.98. The molecule has 1 saturated heterocycles. The highest BCUT2D eigenvalue weighted by molar-refractivity contribution is 7.88. The van der Waals surface area contributed by atoms with Gasteiger partial charge in [-0.1, -0.05) is 6.92 Å². The third-order valence-electron chi connectivity index (χ3n) is 5.57. The average Bonchev–Trinajstić information content (AvgIpc) is 2.73. The number of anilines is 1. The summed E-state index contributed by atoms with van der Waals surface area (Å²) < 4.78 is 25.1. The molecule has 29 heavy (non-hydrogen) atoms. The van der Waals surface area contributed by atoms with Crippen LogP contribution < -0.4 is 5.32 Å². The maximum absolute atomic E-state index is 11.8. The Morgan fingerprint density at radius 3 is 2.59 bits per heavy atom. The number of nitrogens with zero attached hydrogens (tertiary/aromatic N) is 3. The van der Waals surface area contributed by atoms with E-state index in [1.54, 1.807) is 10.5 Å². The molecule has 0 unspecified atom stereocenters. The summed E-state index contributed by atoms with van der Waals surface area (Å²) in [6.45, 7) is 3.23. The van der Waals surface area contributed by atoms with Crippen LogP contribution in [0.3, 0.4) is 0 Å². The SMILES string of the molecule is CCc1cncc(-c2cc(NC3CCN(S(C)(=O)=O)CC3)c3cnccc3c2)c1. The minimum atomic E-state index is -3.12. The predicted octanol–water partition coefficient (Wildman–Crippen LogP) is 3.70. The molecule has 4 rings (SSSR count). The number of hydrogen-bond acceptors (Lipinski definition) is 5. The number of fused-ring (bicyclic) bond motifs is 1. The predicted molar refractivity (Wildman–Crippen MR) is 117 cm³/mol. The van der Waals surface area contributed by atoms with Crippen LogP contribution in [-0.2, 0) is 16.4 Å². The van der Waals surface area contributed by atoms with Crippen LogP contribution in [0.15, 0.2) is 49.1 Å². The molecule has 1 aliphatic rings. The number of aryl methyl sites for hydroxylation is 1. The summed E-state index contributed by atoms with van der Waals surface area (Å²) in [5, 5.41) is 5.84. The van der Waals surface area contributed by atoms with Crippen molar-refractivity contribution in [2.75, 3.05) is 24.7 Å². The van der Waals surface area contributed by atoms with Crippen LogP contribution >= 0.6 is 0 Å². The van der Waals surface area contributed by atoms with Crippen molar-refractivity contribution in [3.05, 3.63) is 54.6 Å². The largest absolute Gasteiger partial charge is 0.382 e. The van der Waals surface area contributed by atoms with E-state index in [4.69, 9.17) is 0 Å². The first kappa shape index (κ1) is 19.8. The molecule has 0 radical (unpaired) electrons. The molecule has 0 bridgehead atoms. The van der Waals surface area contributed by atoms with E-state index in [9.17, 15) is 8.42 Å². The van der Waals surface area contributed by atoms with Gasteiger partial charge < -0.3 is 5.32 Å². The number of sulfonamides is 1. The summed E-state index contributed by atoms with van der Waals surface area (Å²) in [6, 6.07) is 8.76. The third kappa shape index (κ3) is 4.41. The van der Waals surface area contributed by atoms with Gasteiger partial charge in [0.2, 0.25) is 10.0 Å². The molecule has 0 saturated carbocycles. The van der Waals surface area contributed by atoms with E-state index in [1.807, 2.05) is 24.7 Å². The van der Waals surface area contributed by atoms with Crippen LogP contribution in [0.25, 0.3) is 21.9 Å². The van der Waals surface area contributed by atoms with Crippen molar-refractivity contribution in [3.8, 4) is 11.1 Å². The zero-order valence-corrected chi connectivity index (χ0v) is 17.6. The molecule has 1 N–H and O–H groups in total. The zero-order valence-electron chi connectivity index (χ0n) is 16.8. The highest BCUT2D eigenvalue weighted by Gasteiger charge is 2.25. The monoisotopic (exact) mass is 410 g/mol. The summed E-state index contributed by atoms with van der Waals surface area (Å²) in [5.74, 6) is 0. The highest BCUT2D eigenvalue weighted by atomic mass is 32.2. The van der Waals surface area contributed by atoms with Crippen molar-refractivity contribution >= 4 is 26.5 Å². The number of nitrogens with one attached hydrogen (secondary N) is 1. The Kier molecular flexibility index (Phi) is 5.52. The highest BCUT2D eigenvalue weighted by Crippen LogP contribution is 2.32. The van der Waals surface area contributed by atoms with Crippen LogP contribution in [0.4, 0.5) is 5.69 Å². The Hall–Kier alpha value is -2.51. The van der Waals surface area contributed by atoms with Crippen molar-refractivity contribution < 1.29 is 8.42 Å². The van der Waals surface area contributed by atoms with Crippen molar-refractivity contribution in [1.82, 2.24) is 14.3 Å². The molecule has 0 spiro atoms. The van der Waals surface area contributed by atoms with E-state index in [0.29, 0.717) is 13.1 Å². The molecule has 7 heteroatoms. The lowest BCUT2D eigenvalue weighted by Crippen LogP contribution is -2.41. The second-order valence-electron chi connectivity index (χ2n) is 7.64. The minimum Gasteiger partial charge on any atom is -0.382 e. The van der Waals surface area contributed by atoms with E-state index in [1.165, 1.54) is 11.8 Å². The maximum atomic E-state index is 11.8. The molecular weight excluding hydrogens is 384 g/mol. The van der Waals surface area contributed by atoms with Gasteiger partial charge >= 0.3 is 0 Å². The van der Waals surface area contributed by atoms with Gasteiger partial charge in [0.1, 0.15) is 0 Å². The molecule has 6 nitrogen and oxygen atoms in total. The number of benzene rings is 1. The Morgan fingerprint density at radius 2 is 1.86 bits per heavy atom. The Labute approximate surface area is 172 Å². The van der Waals surface area contributed by atoms with E-state index >= 15 is 0 Å². The molecule has 1 aliphatic heterocycles. The smallest absolute Gasteiger partial charge is 0.211 e. The average molecular weight is 411 g/mol. The van der Waals surface area contributed by atoms with Gasteiger partial charge in [-0.05, 0) is 60.0 Å². The zero-order chi connectivity index (χ0) is 20.4. The summed E-state index contributed by atoms with van der Waals surface area (Å²) in [5.41, 5.74) is 4.45. The molecule has 3 aromatic rings. The van der Waals surface area contributed by atoms with E-state index in [-0.39, 0.29) is 6.04 Å². The van der Waals surface area contributed by atoms with Gasteiger partial charge in [0.25, 0.3) is 0 Å². The molecule has 2 aromatic heterocycles. The number of rotatable bonds is 5. The number of hydrogen-bond donors (Lipinski definition) is 1. The second-order valence-corrected chi connectivity index (χ2v) is 9.62. The van der Waals surface area contributed by atoms with Gasteiger partial charge in [-0.25, -0.2) is 12.7 Å². The quantitative estimate of drug-likeness (QED) is 0.694. The van der Waals surface area contributed by atoms with E-state index in [0.717, 1.165) is 46.8 Å². The number of pyridine rings is 2. The fourth-order valence-electron chi connectivity index (χ4n) is 3.88. The van der Waals surface area contributed by atoms with Crippen LogP contribution in [0.2, 0.25) is 0 Å². The lowest BCUT2D eigenvalue weighted by atomic mass is 9.99. The first-order chi connectivity index (χ1) is 13.9. The summed E-state index contributed by atoms with van der Waals surface area (Å²) >= 11 is 0. The lowest BCUT2D eigenvalue weighted by molar-refractivity contribution is 0.332. The molecule has 0 amide bonds. The molecule has 0 aliphatic carbocycles. The van der Waals surface area contributed by atoms with Gasteiger partial charge in [-0.2, -0.15) is 0 Å². The van der Waals surface area contributed by atoms with Crippen molar-refractivity contribution in [3.63, 3.8) is 0 Å². The molecule has 1 fully saturated rings. The summed E-state index contributed by atoms with van der Waals surface area (Å²) in [6.07, 6.45) is 11.3. The number of aromatic nitrogens is 2. The van der Waals surface area contributed by atoms with Gasteiger partial charge in [-0.15, -0.1) is 0 Å². The van der Waals surface area contributed by atoms with Gasteiger partial charge in [0, 0.05) is 60.6 Å². The number of piperidine rings is 1. The molecule has 1 aromatic carbocycles. The fraction of sp³-hybridized carbons (Fsp3) is 0.364. The van der Waals surface area contributed by atoms with E-state index in [2.05, 4.69) is 40.4 Å². The Morgan fingerprint density at radius 1 is 1.07 bits per heavy atom. The van der Waals surface area contributed by atoms with Crippen molar-refractivity contribution in [2.24, 2.45) is 0 Å². The van der Waals surface area contributed by atoms with Crippen LogP contribution in [-0.4, -0.2) is 48.1 Å². The van der Waals surface area contributed by atoms with Crippen LogP contribution in [0.5, 0.6) is 0 Å². The molecular formula is C22H26N4O2S. The van der Waals surface area contributed by atoms with Crippen LogP contribution in [0.1, 0.15) is 25.3 Å².